The van der Waals surface area contributed by atoms with Gasteiger partial charge in [0.15, 0.2) is 0 Å². The Bertz CT molecular complexity index is 1420. The van der Waals surface area contributed by atoms with Crippen LogP contribution >= 0.6 is 0 Å². The van der Waals surface area contributed by atoms with Crippen molar-refractivity contribution in [1.29, 1.82) is 0 Å². The summed E-state index contributed by atoms with van der Waals surface area (Å²) in [5.41, 5.74) is 4.81. The second-order valence-corrected chi connectivity index (χ2v) is 12.7. The fourth-order valence-corrected chi connectivity index (χ4v) is 5.94. The zero-order chi connectivity index (χ0) is 30.2. The van der Waals surface area contributed by atoms with Crippen LogP contribution < -0.4 is 16.1 Å². The maximum absolute atomic E-state index is 13.8. The van der Waals surface area contributed by atoms with E-state index in [1.54, 1.807) is 20.8 Å². The predicted molar refractivity (Wildman–Crippen MR) is 160 cm³/mol. The van der Waals surface area contributed by atoms with E-state index in [4.69, 9.17) is 4.98 Å². The lowest BCUT2D eigenvalue weighted by molar-refractivity contribution is -0.146. The first-order valence-corrected chi connectivity index (χ1v) is 15.0. The molecule has 2 aromatic rings. The van der Waals surface area contributed by atoms with Gasteiger partial charge in [0.25, 0.3) is 5.91 Å². The molecule has 1 aromatic carbocycles. The van der Waals surface area contributed by atoms with Crippen LogP contribution in [-0.2, 0) is 19.2 Å². The van der Waals surface area contributed by atoms with E-state index in [2.05, 4.69) is 16.1 Å². The molecule has 3 aliphatic heterocycles. The molecule has 0 saturated carbocycles. The van der Waals surface area contributed by atoms with Gasteiger partial charge in [-0.1, -0.05) is 44.2 Å². The van der Waals surface area contributed by atoms with E-state index in [0.717, 1.165) is 35.0 Å². The highest BCUT2D eigenvalue weighted by Gasteiger charge is 2.38. The molecule has 4 amide bonds. The molecule has 5 rings (SSSR count). The zero-order valence-electron chi connectivity index (χ0n) is 25.1. The SMILES string of the molecule is CC(C)[C@@H]1NC(=O)C(C)(C)C=Cc2ccc3ccc(nc3c2)[C@H]2CCCN2C(=O)C2CCCN(N2)C(=O)[C@@H](C)NC1=O. The molecule has 0 aliphatic carbocycles. The third-order valence-corrected chi connectivity index (χ3v) is 8.61. The molecule has 42 heavy (non-hydrogen) atoms. The number of fused-ring (bicyclic) bond motifs is 6. The average Bonchev–Trinajstić information content (AvgIpc) is 3.47. The van der Waals surface area contributed by atoms with E-state index in [9.17, 15) is 19.2 Å². The van der Waals surface area contributed by atoms with Gasteiger partial charge < -0.3 is 15.5 Å². The topological polar surface area (TPSA) is 124 Å². The van der Waals surface area contributed by atoms with Crippen LogP contribution in [0.15, 0.2) is 36.4 Å². The molecule has 0 radical (unpaired) electrons. The molecular formula is C32H42N6O4. The quantitative estimate of drug-likeness (QED) is 0.481. The molecule has 4 atom stereocenters. The van der Waals surface area contributed by atoms with Crippen molar-refractivity contribution in [2.45, 2.75) is 84.5 Å². The average molecular weight is 575 g/mol. The summed E-state index contributed by atoms with van der Waals surface area (Å²) in [5.74, 6) is -1.29. The molecule has 4 heterocycles. The van der Waals surface area contributed by atoms with E-state index in [1.165, 1.54) is 5.01 Å². The Kier molecular flexibility index (Phi) is 8.37. The first-order chi connectivity index (χ1) is 19.9. The zero-order valence-corrected chi connectivity index (χ0v) is 25.1. The largest absolute Gasteiger partial charge is 0.343 e. The van der Waals surface area contributed by atoms with Crippen molar-refractivity contribution < 1.29 is 19.2 Å². The van der Waals surface area contributed by atoms with E-state index in [1.807, 2.05) is 61.2 Å². The highest BCUT2D eigenvalue weighted by Crippen LogP contribution is 2.33. The van der Waals surface area contributed by atoms with Crippen molar-refractivity contribution in [1.82, 2.24) is 31.0 Å². The van der Waals surface area contributed by atoms with Crippen molar-refractivity contribution in [2.24, 2.45) is 11.3 Å². The Balaban J connectivity index is 1.53. The van der Waals surface area contributed by atoms with Crippen molar-refractivity contribution in [3.05, 3.63) is 47.7 Å². The summed E-state index contributed by atoms with van der Waals surface area (Å²) in [4.78, 5) is 60.7. The van der Waals surface area contributed by atoms with Gasteiger partial charge in [-0.15, -0.1) is 0 Å². The van der Waals surface area contributed by atoms with Crippen LogP contribution in [-0.4, -0.2) is 69.7 Å². The number of amides is 4. The predicted octanol–water partition coefficient (Wildman–Crippen LogP) is 3.09. The molecular weight excluding hydrogens is 532 g/mol. The van der Waals surface area contributed by atoms with Crippen LogP contribution in [0.25, 0.3) is 17.0 Å². The lowest BCUT2D eigenvalue weighted by atomic mass is 9.89. The lowest BCUT2D eigenvalue weighted by Crippen LogP contribution is -2.62. The monoisotopic (exact) mass is 574 g/mol. The molecule has 10 nitrogen and oxygen atoms in total. The van der Waals surface area contributed by atoms with Gasteiger partial charge in [0.2, 0.25) is 17.7 Å². The van der Waals surface area contributed by atoms with Crippen LogP contribution in [0.2, 0.25) is 0 Å². The van der Waals surface area contributed by atoms with E-state index in [0.29, 0.717) is 25.9 Å². The van der Waals surface area contributed by atoms with Crippen LogP contribution in [0.1, 0.15) is 77.6 Å². The molecule has 2 fully saturated rings. The number of nitrogens with zero attached hydrogens (tertiary/aromatic N) is 3. The summed E-state index contributed by atoms with van der Waals surface area (Å²) in [7, 11) is 0. The highest BCUT2D eigenvalue weighted by atomic mass is 16.2. The van der Waals surface area contributed by atoms with Gasteiger partial charge in [-0.25, -0.2) is 5.43 Å². The Labute approximate surface area is 247 Å². The molecule has 224 valence electrons. The Morgan fingerprint density at radius 3 is 2.45 bits per heavy atom. The normalized spacial score (nSPS) is 27.3. The highest BCUT2D eigenvalue weighted by molar-refractivity contribution is 5.94. The van der Waals surface area contributed by atoms with Crippen LogP contribution in [0.5, 0.6) is 0 Å². The molecule has 5 bridgehead atoms. The number of carbonyl (C=O) groups is 4. The van der Waals surface area contributed by atoms with Gasteiger partial charge in [0, 0.05) is 18.5 Å². The summed E-state index contributed by atoms with van der Waals surface area (Å²) in [6, 6.07) is 7.66. The first-order valence-electron chi connectivity index (χ1n) is 15.0. The number of rotatable bonds is 1. The number of hydrogen-bond donors (Lipinski definition) is 3. The summed E-state index contributed by atoms with van der Waals surface area (Å²) in [5, 5.41) is 8.14. The minimum absolute atomic E-state index is 0.0408. The van der Waals surface area contributed by atoms with Crippen molar-refractivity contribution >= 4 is 40.6 Å². The lowest BCUT2D eigenvalue weighted by Gasteiger charge is -2.37. The van der Waals surface area contributed by atoms with Gasteiger partial charge in [0.05, 0.1) is 22.7 Å². The van der Waals surface area contributed by atoms with Gasteiger partial charge >= 0.3 is 0 Å². The third kappa shape index (κ3) is 6.04. The molecule has 1 unspecified atom stereocenters. The maximum atomic E-state index is 13.8. The summed E-state index contributed by atoms with van der Waals surface area (Å²) >= 11 is 0. The molecule has 10 heteroatoms. The fourth-order valence-electron chi connectivity index (χ4n) is 5.94. The van der Waals surface area contributed by atoms with E-state index >= 15 is 0 Å². The van der Waals surface area contributed by atoms with Crippen LogP contribution in [0, 0.1) is 11.3 Å². The van der Waals surface area contributed by atoms with Crippen molar-refractivity contribution in [3.63, 3.8) is 0 Å². The molecule has 1 aromatic heterocycles. The Hall–Kier alpha value is -3.79. The van der Waals surface area contributed by atoms with Gasteiger partial charge in [0.1, 0.15) is 18.1 Å². The number of benzene rings is 1. The third-order valence-electron chi connectivity index (χ3n) is 8.61. The van der Waals surface area contributed by atoms with E-state index < -0.39 is 29.4 Å². The van der Waals surface area contributed by atoms with Crippen LogP contribution in [0.4, 0.5) is 0 Å². The van der Waals surface area contributed by atoms with Crippen molar-refractivity contribution in [3.8, 4) is 0 Å². The number of aromatic nitrogens is 1. The second-order valence-electron chi connectivity index (χ2n) is 12.7. The van der Waals surface area contributed by atoms with Crippen molar-refractivity contribution in [2.75, 3.05) is 13.1 Å². The number of nitrogens with one attached hydrogen (secondary N) is 3. The molecule has 2 saturated heterocycles. The van der Waals surface area contributed by atoms with Gasteiger partial charge in [-0.05, 0) is 70.1 Å². The van der Waals surface area contributed by atoms with Crippen LogP contribution in [0.3, 0.4) is 0 Å². The van der Waals surface area contributed by atoms with Gasteiger partial charge in [-0.3, -0.25) is 29.2 Å². The molecule has 3 aliphatic rings. The Morgan fingerprint density at radius 1 is 0.952 bits per heavy atom. The number of carbonyl (C=O) groups excluding carboxylic acids is 4. The van der Waals surface area contributed by atoms with Gasteiger partial charge in [-0.2, -0.15) is 0 Å². The summed E-state index contributed by atoms with van der Waals surface area (Å²) in [6.45, 7) is 10.0. The standard InChI is InChI=1S/C32H42N6O4/c1-19(2)27-28(39)33-20(3)29(40)38-17-6-8-24(36-38)30(41)37-16-7-9-26(37)23-13-12-22-11-10-21(18-25(22)34-23)14-15-32(4,5)31(42)35-27/h10-15,18-20,24,26-27,36H,6-9,16-17H2,1-5H3,(H,33,39)(H,35,42)/t20-,24?,26-,27+/m1/s1. The smallest absolute Gasteiger partial charge is 0.258 e. The summed E-state index contributed by atoms with van der Waals surface area (Å²) < 4.78 is 0. The summed E-state index contributed by atoms with van der Waals surface area (Å²) in [6.07, 6.45) is 6.71. The maximum Gasteiger partial charge on any atom is 0.258 e. The second kappa shape index (κ2) is 11.8. The first kappa shape index (κ1) is 29.7. The van der Waals surface area contributed by atoms with E-state index in [-0.39, 0.29) is 29.7 Å². The number of pyridine rings is 1. The minimum atomic E-state index is -0.907. The molecule has 3 N–H and O–H groups in total. The molecule has 0 spiro atoms. The fraction of sp³-hybridized carbons (Fsp3) is 0.531. The number of hydrogen-bond acceptors (Lipinski definition) is 6. The minimum Gasteiger partial charge on any atom is -0.343 e. The number of hydrazine groups is 1. The Morgan fingerprint density at radius 2 is 1.69 bits per heavy atom.